The minimum atomic E-state index is -1.05. The molecule has 1 fully saturated rings. The number of nitrogens with zero attached hydrogens (tertiary/aromatic N) is 1. The zero-order valence-corrected chi connectivity index (χ0v) is 14.9. The van der Waals surface area contributed by atoms with Crippen LogP contribution in [0.1, 0.15) is 40.4 Å². The highest BCUT2D eigenvalue weighted by molar-refractivity contribution is 5.91. The number of carboxylic acids is 1. The fraction of sp³-hybridized carbons (Fsp3) is 0.286. The molecule has 140 valence electrons. The first-order chi connectivity index (χ1) is 13.0. The van der Waals surface area contributed by atoms with Gasteiger partial charge in [0.15, 0.2) is 0 Å². The van der Waals surface area contributed by atoms with Gasteiger partial charge in [0.1, 0.15) is 0 Å². The van der Waals surface area contributed by atoms with E-state index in [-0.39, 0.29) is 29.8 Å². The van der Waals surface area contributed by atoms with Crippen LogP contribution >= 0.6 is 0 Å². The Morgan fingerprint density at radius 1 is 1.07 bits per heavy atom. The van der Waals surface area contributed by atoms with E-state index in [4.69, 9.17) is 0 Å². The van der Waals surface area contributed by atoms with E-state index in [2.05, 4.69) is 5.32 Å². The van der Waals surface area contributed by atoms with Crippen LogP contribution in [-0.4, -0.2) is 40.9 Å². The van der Waals surface area contributed by atoms with Crippen LogP contribution in [0.4, 0.5) is 0 Å². The van der Waals surface area contributed by atoms with Gasteiger partial charge in [0, 0.05) is 19.5 Å². The molecule has 0 saturated carbocycles. The molecule has 1 aliphatic rings. The fourth-order valence-electron chi connectivity index (χ4n) is 3.34. The topological polar surface area (TPSA) is 86.7 Å². The third kappa shape index (κ3) is 4.73. The monoisotopic (exact) mass is 366 g/mol. The van der Waals surface area contributed by atoms with Crippen LogP contribution < -0.4 is 5.32 Å². The summed E-state index contributed by atoms with van der Waals surface area (Å²) in [6.07, 6.45) is 1.35. The number of hydrogen-bond acceptors (Lipinski definition) is 3. The molecule has 1 saturated heterocycles. The molecular weight excluding hydrogens is 344 g/mol. The van der Waals surface area contributed by atoms with Gasteiger partial charge >= 0.3 is 5.97 Å². The maximum Gasteiger partial charge on any atom is 0.335 e. The van der Waals surface area contributed by atoms with Crippen molar-refractivity contribution in [2.75, 3.05) is 13.1 Å². The van der Waals surface area contributed by atoms with Crippen molar-refractivity contribution in [2.24, 2.45) is 0 Å². The van der Waals surface area contributed by atoms with Gasteiger partial charge in [0.25, 0.3) is 0 Å². The molecule has 6 heteroatoms. The maximum atomic E-state index is 12.6. The molecule has 2 N–H and O–H groups in total. The molecule has 2 amide bonds. The Bertz CT molecular complexity index is 835. The Kier molecular flexibility index (Phi) is 5.86. The first-order valence-corrected chi connectivity index (χ1v) is 8.98. The summed E-state index contributed by atoms with van der Waals surface area (Å²) in [5.74, 6) is -1.23. The second-order valence-electron chi connectivity index (χ2n) is 6.61. The van der Waals surface area contributed by atoms with Gasteiger partial charge in [-0.3, -0.25) is 9.59 Å². The first kappa shape index (κ1) is 18.6. The number of aromatic carboxylic acids is 1. The van der Waals surface area contributed by atoms with Crippen LogP contribution in [0.3, 0.4) is 0 Å². The molecule has 27 heavy (non-hydrogen) atoms. The maximum absolute atomic E-state index is 12.6. The smallest absolute Gasteiger partial charge is 0.335 e. The number of likely N-dealkylation sites (tertiary alicyclic amines) is 1. The van der Waals surface area contributed by atoms with Crippen LogP contribution in [0.25, 0.3) is 0 Å². The Morgan fingerprint density at radius 3 is 2.44 bits per heavy atom. The molecule has 1 atom stereocenters. The minimum Gasteiger partial charge on any atom is -0.478 e. The number of nitrogens with one attached hydrogen (secondary N) is 1. The predicted molar refractivity (Wildman–Crippen MR) is 100 cm³/mol. The van der Waals surface area contributed by atoms with E-state index >= 15 is 0 Å². The van der Waals surface area contributed by atoms with E-state index in [9.17, 15) is 19.5 Å². The van der Waals surface area contributed by atoms with Crippen LogP contribution in [0.2, 0.25) is 0 Å². The van der Waals surface area contributed by atoms with E-state index in [1.54, 1.807) is 23.1 Å². The largest absolute Gasteiger partial charge is 0.478 e. The van der Waals surface area contributed by atoms with E-state index in [1.807, 2.05) is 30.3 Å². The average Bonchev–Trinajstić information content (AvgIpc) is 3.07. The molecule has 0 radical (unpaired) electrons. The second kappa shape index (κ2) is 8.49. The van der Waals surface area contributed by atoms with Crippen molar-refractivity contribution in [3.05, 3.63) is 71.3 Å². The van der Waals surface area contributed by atoms with Crippen molar-refractivity contribution in [3.63, 3.8) is 0 Å². The summed E-state index contributed by atoms with van der Waals surface area (Å²) in [5.41, 5.74) is 1.50. The molecule has 0 aromatic heterocycles. The predicted octanol–water partition coefficient (Wildman–Crippen LogP) is 2.41. The molecule has 0 aliphatic carbocycles. The standard InChI is InChI=1S/C21H22N2O4/c24-19(13-16-9-4-5-10-17(16)21(26)27)22-18(15-7-2-1-3-8-15)14-23-12-6-11-20(23)25/h1-5,7-10,18H,6,11-14H2,(H,22,24)(H,26,27). The summed E-state index contributed by atoms with van der Waals surface area (Å²) in [6, 6.07) is 15.6. The zero-order valence-electron chi connectivity index (χ0n) is 14.9. The van der Waals surface area contributed by atoms with Gasteiger partial charge in [0.05, 0.1) is 18.0 Å². The zero-order chi connectivity index (χ0) is 19.2. The first-order valence-electron chi connectivity index (χ1n) is 8.98. The molecule has 2 aromatic carbocycles. The van der Waals surface area contributed by atoms with Crippen LogP contribution in [-0.2, 0) is 16.0 Å². The van der Waals surface area contributed by atoms with Crippen LogP contribution in [0.5, 0.6) is 0 Å². The summed E-state index contributed by atoms with van der Waals surface area (Å²) < 4.78 is 0. The summed E-state index contributed by atoms with van der Waals surface area (Å²) >= 11 is 0. The van der Waals surface area contributed by atoms with Crippen molar-refractivity contribution < 1.29 is 19.5 Å². The number of amides is 2. The molecule has 0 bridgehead atoms. The number of carbonyl (C=O) groups is 3. The van der Waals surface area contributed by atoms with E-state index in [0.29, 0.717) is 25.1 Å². The molecule has 1 aliphatic heterocycles. The van der Waals surface area contributed by atoms with Gasteiger partial charge in [-0.15, -0.1) is 0 Å². The summed E-state index contributed by atoms with van der Waals surface area (Å²) in [6.45, 7) is 1.11. The molecule has 1 heterocycles. The lowest BCUT2D eigenvalue weighted by Crippen LogP contribution is -2.39. The second-order valence-corrected chi connectivity index (χ2v) is 6.61. The van der Waals surface area contributed by atoms with Crippen molar-refractivity contribution >= 4 is 17.8 Å². The lowest BCUT2D eigenvalue weighted by molar-refractivity contribution is -0.129. The Balaban J connectivity index is 1.74. The van der Waals surface area contributed by atoms with Gasteiger partial charge < -0.3 is 15.3 Å². The highest BCUT2D eigenvalue weighted by Gasteiger charge is 2.25. The molecule has 3 rings (SSSR count). The molecule has 1 unspecified atom stereocenters. The van der Waals surface area contributed by atoms with Crippen LogP contribution in [0.15, 0.2) is 54.6 Å². The average molecular weight is 366 g/mol. The fourth-order valence-corrected chi connectivity index (χ4v) is 3.34. The highest BCUT2D eigenvalue weighted by atomic mass is 16.4. The number of benzene rings is 2. The van der Waals surface area contributed by atoms with E-state index in [0.717, 1.165) is 12.0 Å². The molecule has 2 aromatic rings. The Labute approximate surface area is 157 Å². The van der Waals surface area contributed by atoms with Gasteiger partial charge in [-0.25, -0.2) is 4.79 Å². The minimum absolute atomic E-state index is 0.0280. The number of hydrogen-bond donors (Lipinski definition) is 2. The third-order valence-corrected chi connectivity index (χ3v) is 4.71. The van der Waals surface area contributed by atoms with Gasteiger partial charge in [-0.1, -0.05) is 48.5 Å². The van der Waals surface area contributed by atoms with Gasteiger partial charge in [0.2, 0.25) is 11.8 Å². The lowest BCUT2D eigenvalue weighted by atomic mass is 10.0. The number of carbonyl (C=O) groups excluding carboxylic acids is 2. The summed E-state index contributed by atoms with van der Waals surface area (Å²) in [4.78, 5) is 37.7. The number of carboxylic acid groups (broad SMARTS) is 1. The number of rotatable bonds is 7. The van der Waals surface area contributed by atoms with Crippen molar-refractivity contribution in [2.45, 2.75) is 25.3 Å². The summed E-state index contributed by atoms with van der Waals surface area (Å²) in [7, 11) is 0. The summed E-state index contributed by atoms with van der Waals surface area (Å²) in [5, 5.41) is 12.3. The van der Waals surface area contributed by atoms with Gasteiger partial charge in [-0.05, 0) is 23.6 Å². The lowest BCUT2D eigenvalue weighted by Gasteiger charge is -2.25. The van der Waals surface area contributed by atoms with Crippen molar-refractivity contribution in [3.8, 4) is 0 Å². The highest BCUT2D eigenvalue weighted by Crippen LogP contribution is 2.19. The van der Waals surface area contributed by atoms with Crippen molar-refractivity contribution in [1.29, 1.82) is 0 Å². The molecular formula is C21H22N2O4. The SMILES string of the molecule is O=C(Cc1ccccc1C(=O)O)NC(CN1CCCC1=O)c1ccccc1. The molecule has 6 nitrogen and oxygen atoms in total. The van der Waals surface area contributed by atoms with E-state index < -0.39 is 5.97 Å². The Morgan fingerprint density at radius 2 is 1.78 bits per heavy atom. The van der Waals surface area contributed by atoms with E-state index in [1.165, 1.54) is 6.07 Å². The normalized spacial score (nSPS) is 14.8. The third-order valence-electron chi connectivity index (χ3n) is 4.71. The van der Waals surface area contributed by atoms with Crippen LogP contribution in [0, 0.1) is 0 Å². The molecule has 0 spiro atoms. The van der Waals surface area contributed by atoms with Gasteiger partial charge in [-0.2, -0.15) is 0 Å². The quantitative estimate of drug-likeness (QED) is 0.788. The Hall–Kier alpha value is -3.15. The van der Waals surface area contributed by atoms with Crippen molar-refractivity contribution in [1.82, 2.24) is 10.2 Å².